The summed E-state index contributed by atoms with van der Waals surface area (Å²) in [4.78, 5) is 22.0. The molecule has 0 fully saturated rings. The summed E-state index contributed by atoms with van der Waals surface area (Å²) in [6.07, 6.45) is 9.05. The lowest BCUT2D eigenvalue weighted by Crippen LogP contribution is -2.13. The number of unbranched alkanes of at least 4 members (excludes halogenated alkanes) is 4. The van der Waals surface area contributed by atoms with E-state index in [1.54, 1.807) is 0 Å². The van der Waals surface area contributed by atoms with Crippen LogP contribution in [-0.4, -0.2) is 12.1 Å². The Kier molecular flexibility index (Phi) is 9.56. The highest BCUT2D eigenvalue weighted by atomic mass is 17.2. The quantitative estimate of drug-likeness (QED) is 0.308. The summed E-state index contributed by atoms with van der Waals surface area (Å²) >= 11 is 0. The van der Waals surface area contributed by atoms with Gasteiger partial charge >= 0.3 is 5.97 Å². The molecule has 22 heavy (non-hydrogen) atoms. The lowest BCUT2D eigenvalue weighted by Gasteiger charge is -2.11. The van der Waals surface area contributed by atoms with Gasteiger partial charge in [-0.2, -0.15) is 4.89 Å². The molecule has 0 aliphatic rings. The minimum atomic E-state index is -0.414. The molecule has 1 unspecified atom stereocenters. The second kappa shape index (κ2) is 11.2. The molecule has 1 aromatic carbocycles. The lowest BCUT2D eigenvalue weighted by molar-refractivity contribution is -0.271. The maximum absolute atomic E-state index is 11.9. The molecule has 1 rings (SSSR count). The first kappa shape index (κ1) is 18.7. The molecule has 124 valence electrons. The van der Waals surface area contributed by atoms with Crippen molar-refractivity contribution in [2.45, 2.75) is 78.2 Å². The summed E-state index contributed by atoms with van der Waals surface area (Å²) in [5.74, 6) is -0.414. The smallest absolute Gasteiger partial charge is 0.293 e. The maximum Gasteiger partial charge on any atom is 0.373 e. The van der Waals surface area contributed by atoms with Crippen LogP contribution in [0.1, 0.15) is 81.6 Å². The van der Waals surface area contributed by atoms with Gasteiger partial charge in [0.25, 0.3) is 0 Å². The molecule has 0 aliphatic carbocycles. The molecule has 3 heteroatoms. The Morgan fingerprint density at radius 3 is 2.32 bits per heavy atom. The Morgan fingerprint density at radius 2 is 1.68 bits per heavy atom. The van der Waals surface area contributed by atoms with Crippen molar-refractivity contribution in [2.24, 2.45) is 0 Å². The van der Waals surface area contributed by atoms with Crippen molar-refractivity contribution >= 4 is 5.97 Å². The van der Waals surface area contributed by atoms with Crippen molar-refractivity contribution < 1.29 is 14.6 Å². The van der Waals surface area contributed by atoms with Gasteiger partial charge in [0.2, 0.25) is 0 Å². The fourth-order valence-electron chi connectivity index (χ4n) is 2.27. The average molecular weight is 306 g/mol. The van der Waals surface area contributed by atoms with Crippen molar-refractivity contribution in [2.75, 3.05) is 0 Å². The van der Waals surface area contributed by atoms with Crippen molar-refractivity contribution in [1.82, 2.24) is 0 Å². The van der Waals surface area contributed by atoms with E-state index in [4.69, 9.17) is 9.78 Å². The van der Waals surface area contributed by atoms with Gasteiger partial charge in [0, 0.05) is 0 Å². The van der Waals surface area contributed by atoms with Crippen LogP contribution in [0.5, 0.6) is 0 Å². The zero-order chi connectivity index (χ0) is 16.2. The van der Waals surface area contributed by atoms with Gasteiger partial charge in [-0.3, -0.25) is 4.89 Å². The minimum Gasteiger partial charge on any atom is -0.293 e. The van der Waals surface area contributed by atoms with E-state index < -0.39 is 5.97 Å². The summed E-state index contributed by atoms with van der Waals surface area (Å²) < 4.78 is 0. The number of benzene rings is 1. The van der Waals surface area contributed by atoms with Crippen LogP contribution in [-0.2, 0) is 16.2 Å². The van der Waals surface area contributed by atoms with Gasteiger partial charge < -0.3 is 0 Å². The fourth-order valence-corrected chi connectivity index (χ4v) is 2.27. The number of rotatable bonds is 11. The van der Waals surface area contributed by atoms with Gasteiger partial charge in [0.05, 0.1) is 5.56 Å². The number of hydrogen-bond donors (Lipinski definition) is 0. The summed E-state index contributed by atoms with van der Waals surface area (Å²) in [5, 5.41) is 0. The molecule has 0 aliphatic heterocycles. The second-order valence-corrected chi connectivity index (χ2v) is 5.93. The van der Waals surface area contributed by atoms with Crippen LogP contribution in [0.25, 0.3) is 0 Å². The normalized spacial score (nSPS) is 12.1. The monoisotopic (exact) mass is 306 g/mol. The summed E-state index contributed by atoms with van der Waals surface area (Å²) in [6, 6.07) is 7.59. The third-order valence-electron chi connectivity index (χ3n) is 3.76. The maximum atomic E-state index is 11.9. The fraction of sp³-hybridized carbons (Fsp3) is 0.632. The van der Waals surface area contributed by atoms with Crippen molar-refractivity contribution in [3.05, 3.63) is 35.4 Å². The van der Waals surface area contributed by atoms with E-state index in [0.29, 0.717) is 5.56 Å². The Hall–Kier alpha value is -1.35. The number of aryl methyl sites for hydroxylation is 1. The molecule has 0 spiro atoms. The Labute approximate surface area is 134 Å². The standard InChI is InChI=1S/C19H30O3/c1-4-6-8-9-10-16(3)21-22-19(20)18-14-12-17(13-15-18)11-7-5-2/h12-16H,4-11H2,1-3H3. The predicted molar refractivity (Wildman–Crippen MR) is 89.8 cm³/mol. The molecule has 1 aromatic rings. The molecule has 0 bridgehead atoms. The highest BCUT2D eigenvalue weighted by molar-refractivity contribution is 5.88. The molecular weight excluding hydrogens is 276 g/mol. The van der Waals surface area contributed by atoms with E-state index >= 15 is 0 Å². The number of carbonyl (C=O) groups excluding carboxylic acids is 1. The molecule has 1 atom stereocenters. The molecule has 0 heterocycles. The van der Waals surface area contributed by atoms with E-state index in [1.807, 2.05) is 31.2 Å². The molecule has 3 nitrogen and oxygen atoms in total. The first-order valence-electron chi connectivity index (χ1n) is 8.64. The predicted octanol–water partition coefficient (Wildman–Crippen LogP) is 5.48. The van der Waals surface area contributed by atoms with E-state index in [-0.39, 0.29) is 6.10 Å². The van der Waals surface area contributed by atoms with Crippen LogP contribution >= 0.6 is 0 Å². The summed E-state index contributed by atoms with van der Waals surface area (Å²) in [7, 11) is 0. The highest BCUT2D eigenvalue weighted by Gasteiger charge is 2.11. The van der Waals surface area contributed by atoms with Crippen LogP contribution in [0.15, 0.2) is 24.3 Å². The van der Waals surface area contributed by atoms with Crippen LogP contribution in [0, 0.1) is 0 Å². The molecular formula is C19H30O3. The van der Waals surface area contributed by atoms with Gasteiger partial charge in [-0.25, -0.2) is 4.79 Å². The van der Waals surface area contributed by atoms with E-state index in [0.717, 1.165) is 19.3 Å². The third kappa shape index (κ3) is 7.60. The number of hydrogen-bond acceptors (Lipinski definition) is 3. The first-order chi connectivity index (χ1) is 10.7. The number of carbonyl (C=O) groups is 1. The van der Waals surface area contributed by atoms with Gasteiger partial charge in [0.1, 0.15) is 6.10 Å². The average Bonchev–Trinajstić information content (AvgIpc) is 2.55. The molecule has 0 saturated heterocycles. The third-order valence-corrected chi connectivity index (χ3v) is 3.76. The van der Waals surface area contributed by atoms with Crippen LogP contribution in [0.2, 0.25) is 0 Å². The largest absolute Gasteiger partial charge is 0.373 e. The molecule has 0 N–H and O–H groups in total. The lowest BCUT2D eigenvalue weighted by atomic mass is 10.1. The minimum absolute atomic E-state index is 0.0513. The Bertz CT molecular complexity index is 411. The van der Waals surface area contributed by atoms with Crippen molar-refractivity contribution in [1.29, 1.82) is 0 Å². The SMILES string of the molecule is CCCCCCC(C)OOC(=O)c1ccc(CCCC)cc1. The molecule has 0 saturated carbocycles. The topological polar surface area (TPSA) is 35.5 Å². The van der Waals surface area contributed by atoms with Gasteiger partial charge in [-0.05, 0) is 43.9 Å². The van der Waals surface area contributed by atoms with Crippen molar-refractivity contribution in [3.8, 4) is 0 Å². The molecule has 0 amide bonds. The van der Waals surface area contributed by atoms with Crippen molar-refractivity contribution in [3.63, 3.8) is 0 Å². The van der Waals surface area contributed by atoms with Gasteiger partial charge in [0.15, 0.2) is 0 Å². The Morgan fingerprint density at radius 1 is 1.00 bits per heavy atom. The van der Waals surface area contributed by atoms with Crippen LogP contribution in [0.4, 0.5) is 0 Å². The molecule has 0 aromatic heterocycles. The van der Waals surface area contributed by atoms with E-state index in [1.165, 1.54) is 37.7 Å². The van der Waals surface area contributed by atoms with E-state index in [2.05, 4.69) is 13.8 Å². The van der Waals surface area contributed by atoms with E-state index in [9.17, 15) is 4.79 Å². The van der Waals surface area contributed by atoms with Gasteiger partial charge in [-0.15, -0.1) is 0 Å². The summed E-state index contributed by atoms with van der Waals surface area (Å²) in [6.45, 7) is 6.30. The zero-order valence-electron chi connectivity index (χ0n) is 14.3. The highest BCUT2D eigenvalue weighted by Crippen LogP contribution is 2.11. The first-order valence-corrected chi connectivity index (χ1v) is 8.64. The molecule has 0 radical (unpaired) electrons. The Balaban J connectivity index is 2.29. The second-order valence-electron chi connectivity index (χ2n) is 5.93. The zero-order valence-corrected chi connectivity index (χ0v) is 14.3. The van der Waals surface area contributed by atoms with Gasteiger partial charge in [-0.1, -0.05) is 58.1 Å². The van der Waals surface area contributed by atoms with Crippen LogP contribution in [0.3, 0.4) is 0 Å². The van der Waals surface area contributed by atoms with Crippen LogP contribution < -0.4 is 0 Å². The summed E-state index contributed by atoms with van der Waals surface area (Å²) in [5.41, 5.74) is 1.79.